The molecule has 4 aromatic rings. The van der Waals surface area contributed by atoms with Crippen molar-refractivity contribution in [2.24, 2.45) is 0 Å². The van der Waals surface area contributed by atoms with Crippen molar-refractivity contribution in [1.29, 1.82) is 0 Å². The molecule has 0 saturated carbocycles. The Morgan fingerprint density at radius 1 is 0.542 bits per heavy atom. The topological polar surface area (TPSA) is 70.0 Å². The first-order chi connectivity index (χ1) is 23.5. The number of unbranched alkanes of at least 4 members (excludes halogenated alkanes) is 18. The van der Waals surface area contributed by atoms with E-state index in [1.165, 1.54) is 109 Å². The number of hydrogen-bond acceptors (Lipinski definition) is 8. The molecule has 2 aromatic carbocycles. The van der Waals surface area contributed by atoms with Gasteiger partial charge in [-0.2, -0.15) is 17.5 Å². The third-order valence-electron chi connectivity index (χ3n) is 8.30. The van der Waals surface area contributed by atoms with Crippen molar-refractivity contribution in [3.05, 3.63) is 32.7 Å². The molecule has 0 amide bonds. The van der Waals surface area contributed by atoms with Gasteiger partial charge in [0.1, 0.15) is 22.1 Å². The van der Waals surface area contributed by atoms with Crippen LogP contribution in [0.5, 0.6) is 11.5 Å². The molecule has 48 heavy (non-hydrogen) atoms. The summed E-state index contributed by atoms with van der Waals surface area (Å²) in [5, 5.41) is 0. The second-order valence-corrected chi connectivity index (χ2v) is 15.0. The predicted molar refractivity (Wildman–Crippen MR) is 205 cm³/mol. The van der Waals surface area contributed by atoms with E-state index in [0.29, 0.717) is 50.0 Å². The fourth-order valence-corrected chi connectivity index (χ4v) is 7.77. The lowest BCUT2D eigenvalue weighted by Gasteiger charge is -2.11. The Morgan fingerprint density at radius 2 is 0.958 bits per heavy atom. The summed E-state index contributed by atoms with van der Waals surface area (Å²) in [5.41, 5.74) is 2.46. The van der Waals surface area contributed by atoms with Gasteiger partial charge < -0.3 is 9.47 Å². The van der Waals surface area contributed by atoms with Gasteiger partial charge in [0.25, 0.3) is 0 Å². The molecule has 2 aromatic heterocycles. The summed E-state index contributed by atoms with van der Waals surface area (Å²) >= 11 is 8.80. The van der Waals surface area contributed by atoms with E-state index in [0.717, 1.165) is 49.1 Å². The van der Waals surface area contributed by atoms with Crippen molar-refractivity contribution in [3.8, 4) is 11.5 Å². The van der Waals surface area contributed by atoms with Gasteiger partial charge in [0.15, 0.2) is 23.1 Å². The van der Waals surface area contributed by atoms with Crippen LogP contribution >= 0.6 is 55.3 Å². The number of hydrogen-bond donors (Lipinski definition) is 0. The van der Waals surface area contributed by atoms with Crippen molar-refractivity contribution >= 4 is 77.4 Å². The number of ether oxygens (including phenoxy) is 2. The highest BCUT2D eigenvalue weighted by Gasteiger charge is 2.21. The lowest BCUT2D eigenvalue weighted by atomic mass is 10.1. The Hall–Kier alpha value is -1.50. The van der Waals surface area contributed by atoms with Crippen LogP contribution in [0, 0.1) is 11.6 Å². The van der Waals surface area contributed by atoms with Crippen LogP contribution in [0.25, 0.3) is 22.1 Å². The van der Waals surface area contributed by atoms with Crippen molar-refractivity contribution in [3.63, 3.8) is 0 Å². The highest BCUT2D eigenvalue weighted by Crippen LogP contribution is 2.40. The first-order valence-corrected chi connectivity index (χ1v) is 21.0. The molecule has 0 aliphatic rings. The summed E-state index contributed by atoms with van der Waals surface area (Å²) in [5.74, 6) is -0.249. The van der Waals surface area contributed by atoms with E-state index < -0.39 is 5.82 Å². The van der Waals surface area contributed by atoms with Crippen molar-refractivity contribution in [1.82, 2.24) is 17.5 Å². The van der Waals surface area contributed by atoms with Gasteiger partial charge >= 0.3 is 0 Å². The van der Waals surface area contributed by atoms with Crippen LogP contribution in [-0.2, 0) is 0 Å². The molecule has 4 rings (SSSR count). The molecule has 0 N–H and O–H groups in total. The smallest absolute Gasteiger partial charge is 0.182 e. The Kier molecular flexibility index (Phi) is 21.0. The molecular formula is C36H52Br2F2N4O2S2. The van der Waals surface area contributed by atoms with E-state index in [-0.39, 0.29) is 11.6 Å². The van der Waals surface area contributed by atoms with Gasteiger partial charge in [-0.15, -0.1) is 0 Å². The van der Waals surface area contributed by atoms with E-state index in [2.05, 4.69) is 63.2 Å². The zero-order valence-corrected chi connectivity index (χ0v) is 33.4. The lowest BCUT2D eigenvalue weighted by molar-refractivity contribution is 0.288. The summed E-state index contributed by atoms with van der Waals surface area (Å²) < 4.78 is 56.7. The molecular weight excluding hydrogens is 782 g/mol. The minimum atomic E-state index is -0.417. The van der Waals surface area contributed by atoms with Crippen molar-refractivity contribution in [2.45, 2.75) is 142 Å². The zero-order chi connectivity index (χ0) is 34.4. The molecule has 268 valence electrons. The molecule has 0 aliphatic heterocycles. The van der Waals surface area contributed by atoms with Gasteiger partial charge in [0, 0.05) is 12.1 Å². The van der Waals surface area contributed by atoms with Crippen LogP contribution in [0.2, 0.25) is 0 Å². The Labute approximate surface area is 311 Å². The zero-order valence-electron chi connectivity index (χ0n) is 28.6. The van der Waals surface area contributed by atoms with E-state index in [4.69, 9.17) is 9.47 Å². The Balaban J connectivity index is 0.000000261. The summed E-state index contributed by atoms with van der Waals surface area (Å²) in [7, 11) is 0. The molecule has 0 fully saturated rings. The summed E-state index contributed by atoms with van der Waals surface area (Å²) in [6, 6.07) is 3.04. The molecule has 6 nitrogen and oxygen atoms in total. The number of halogens is 4. The van der Waals surface area contributed by atoms with Crippen molar-refractivity contribution < 1.29 is 18.3 Å². The van der Waals surface area contributed by atoms with Crippen LogP contribution < -0.4 is 9.47 Å². The minimum absolute atomic E-state index is 0.225. The second-order valence-electron chi connectivity index (χ2n) is 12.3. The van der Waals surface area contributed by atoms with E-state index in [1.807, 2.05) is 0 Å². The summed E-state index contributed by atoms with van der Waals surface area (Å²) in [6.45, 7) is 5.58. The molecule has 0 radical (unpaired) electrons. The molecule has 0 atom stereocenters. The third-order valence-corrected chi connectivity index (χ3v) is 10.8. The largest absolute Gasteiger partial charge is 0.490 e. The third kappa shape index (κ3) is 14.4. The van der Waals surface area contributed by atoms with Crippen molar-refractivity contribution in [2.75, 3.05) is 13.2 Å². The Bertz CT molecular complexity index is 1460. The van der Waals surface area contributed by atoms with Crippen LogP contribution in [0.3, 0.4) is 0 Å². The molecule has 0 unspecified atom stereocenters. The lowest BCUT2D eigenvalue weighted by Crippen LogP contribution is -2.01. The SMILES string of the molecule is CCCCCCCCCCCCOc1c(F)c(Br)c2nsnc2c1Br.CCCCCCCCCCCCOc1cc2nsnc2cc1F. The average Bonchev–Trinajstić information content (AvgIpc) is 3.77. The first kappa shape index (κ1) is 40.9. The molecule has 0 bridgehead atoms. The van der Waals surface area contributed by atoms with Gasteiger partial charge in [-0.1, -0.05) is 129 Å². The van der Waals surface area contributed by atoms with Gasteiger partial charge in [-0.3, -0.25) is 0 Å². The van der Waals surface area contributed by atoms with Crippen LogP contribution in [0.4, 0.5) is 8.78 Å². The van der Waals surface area contributed by atoms with Gasteiger partial charge in [0.05, 0.1) is 45.6 Å². The number of fused-ring (bicyclic) bond motifs is 2. The van der Waals surface area contributed by atoms with Gasteiger partial charge in [-0.25, -0.2) is 8.78 Å². The Morgan fingerprint density at radius 3 is 1.48 bits per heavy atom. The van der Waals surface area contributed by atoms with Crippen LogP contribution in [-0.4, -0.2) is 30.7 Å². The molecule has 12 heteroatoms. The maximum Gasteiger partial charge on any atom is 0.182 e. The quantitative estimate of drug-likeness (QED) is 0.0517. The predicted octanol–water partition coefficient (Wildman–Crippen LogP) is 13.8. The van der Waals surface area contributed by atoms with Gasteiger partial charge in [0.2, 0.25) is 0 Å². The number of nitrogens with zero attached hydrogens (tertiary/aromatic N) is 4. The monoisotopic (exact) mass is 832 g/mol. The van der Waals surface area contributed by atoms with E-state index in [1.54, 1.807) is 6.07 Å². The minimum Gasteiger partial charge on any atom is -0.490 e. The summed E-state index contributed by atoms with van der Waals surface area (Å²) in [6.07, 6.45) is 25.5. The highest BCUT2D eigenvalue weighted by atomic mass is 79.9. The standard InChI is InChI=1S/C18H25Br2FN2OS.C18H27FN2OS/c1-2-3-4-5-6-7-8-9-10-11-12-24-18-14(20)17-16(22-25-23-17)13(19)15(18)21;1-2-3-4-5-6-7-8-9-10-11-12-22-18-14-17-16(13-15(18)19)20-23-21-17/h2-12H2,1H3;13-14H,2-12H2,1H3. The number of rotatable bonds is 24. The molecule has 0 saturated heterocycles. The highest BCUT2D eigenvalue weighted by molar-refractivity contribution is 9.11. The molecule has 0 spiro atoms. The fourth-order valence-electron chi connectivity index (χ4n) is 5.44. The molecule has 0 aliphatic carbocycles. The van der Waals surface area contributed by atoms with Crippen LogP contribution in [0.1, 0.15) is 142 Å². The van der Waals surface area contributed by atoms with Crippen LogP contribution in [0.15, 0.2) is 21.1 Å². The number of aromatic nitrogens is 4. The number of benzene rings is 2. The maximum atomic E-state index is 14.4. The summed E-state index contributed by atoms with van der Waals surface area (Å²) in [4.78, 5) is 0. The first-order valence-electron chi connectivity index (χ1n) is 17.9. The van der Waals surface area contributed by atoms with E-state index >= 15 is 0 Å². The maximum absolute atomic E-state index is 14.4. The van der Waals surface area contributed by atoms with E-state index in [9.17, 15) is 8.78 Å². The fraction of sp³-hybridized carbons (Fsp3) is 0.667. The van der Waals surface area contributed by atoms with Gasteiger partial charge in [-0.05, 0) is 44.7 Å². The average molecular weight is 835 g/mol. The second kappa shape index (κ2) is 24.6. The molecule has 2 heterocycles. The normalized spacial score (nSPS) is 11.3.